The lowest BCUT2D eigenvalue weighted by Gasteiger charge is -2.13. The van der Waals surface area contributed by atoms with Gasteiger partial charge in [0, 0.05) is 12.1 Å². The summed E-state index contributed by atoms with van der Waals surface area (Å²) in [4.78, 5) is 44.6. The van der Waals surface area contributed by atoms with Crippen molar-refractivity contribution in [2.45, 2.75) is 13.0 Å². The molecule has 2 aromatic rings. The fourth-order valence-electron chi connectivity index (χ4n) is 2.03. The molecule has 0 aliphatic heterocycles. The number of esters is 1. The first-order chi connectivity index (χ1) is 12.7. The van der Waals surface area contributed by atoms with Crippen molar-refractivity contribution >= 4 is 40.5 Å². The van der Waals surface area contributed by atoms with Crippen molar-refractivity contribution in [3.8, 4) is 0 Å². The van der Waals surface area contributed by atoms with Crippen LogP contribution in [0.1, 0.15) is 17.3 Å². The second kappa shape index (κ2) is 8.23. The van der Waals surface area contributed by atoms with E-state index in [-0.39, 0.29) is 22.0 Å². The molecule has 0 aliphatic carbocycles. The Balaban J connectivity index is 2.11. The van der Waals surface area contributed by atoms with Gasteiger partial charge in [0.2, 0.25) is 0 Å². The minimum Gasteiger partial charge on any atom is -0.449 e. The summed E-state index contributed by atoms with van der Waals surface area (Å²) in [5.41, 5.74) is -1.03. The number of nitrogens with zero attached hydrogens (tertiary/aromatic N) is 2. The number of ether oxygens (including phenoxy) is 1. The molecule has 140 valence electrons. The predicted molar refractivity (Wildman–Crippen MR) is 94.7 cm³/mol. The van der Waals surface area contributed by atoms with E-state index in [4.69, 9.17) is 16.3 Å². The van der Waals surface area contributed by atoms with Gasteiger partial charge in [0.1, 0.15) is 10.7 Å². The van der Waals surface area contributed by atoms with E-state index < -0.39 is 33.5 Å². The normalized spacial score (nSPS) is 11.3. The average molecular weight is 394 g/mol. The molecule has 1 N–H and O–H groups in total. The Bertz CT molecular complexity index is 932. The van der Waals surface area contributed by atoms with Crippen molar-refractivity contribution in [2.24, 2.45) is 0 Å². The molecule has 0 saturated heterocycles. The van der Waals surface area contributed by atoms with Gasteiger partial charge in [-0.15, -0.1) is 0 Å². The van der Waals surface area contributed by atoms with Crippen molar-refractivity contribution in [3.05, 3.63) is 73.3 Å². The Labute approximate surface area is 157 Å². The second-order valence-electron chi connectivity index (χ2n) is 5.23. The first-order valence-electron chi connectivity index (χ1n) is 7.40. The molecule has 0 bridgehead atoms. The fraction of sp³-hybridized carbons (Fsp3) is 0.125. The van der Waals surface area contributed by atoms with E-state index in [2.05, 4.69) is 5.32 Å². The summed E-state index contributed by atoms with van der Waals surface area (Å²) in [7, 11) is 0. The van der Waals surface area contributed by atoms with Gasteiger partial charge in [-0.05, 0) is 25.1 Å². The number of benzene rings is 2. The van der Waals surface area contributed by atoms with E-state index in [0.717, 1.165) is 12.1 Å². The van der Waals surface area contributed by atoms with E-state index in [9.17, 15) is 29.8 Å². The molecule has 2 aromatic carbocycles. The summed E-state index contributed by atoms with van der Waals surface area (Å²) in [5, 5.41) is 24.0. The van der Waals surface area contributed by atoms with Crippen molar-refractivity contribution in [2.75, 3.05) is 5.32 Å². The number of anilines is 1. The van der Waals surface area contributed by atoms with Gasteiger partial charge in [0.25, 0.3) is 17.3 Å². The highest BCUT2D eigenvalue weighted by atomic mass is 35.5. The number of hydrogen-bond acceptors (Lipinski definition) is 7. The Morgan fingerprint density at radius 2 is 1.70 bits per heavy atom. The van der Waals surface area contributed by atoms with Crippen molar-refractivity contribution in [1.29, 1.82) is 0 Å². The first kappa shape index (κ1) is 19.8. The Morgan fingerprint density at radius 3 is 2.33 bits per heavy atom. The van der Waals surface area contributed by atoms with Crippen LogP contribution in [0, 0.1) is 20.2 Å². The predicted octanol–water partition coefficient (Wildman–Crippen LogP) is 3.34. The number of nitro benzene ring substituents is 2. The number of amides is 1. The molecule has 0 radical (unpaired) electrons. The van der Waals surface area contributed by atoms with Crippen LogP contribution in [-0.4, -0.2) is 27.8 Å². The lowest BCUT2D eigenvalue weighted by atomic mass is 10.2. The summed E-state index contributed by atoms with van der Waals surface area (Å²) in [6, 6.07) is 8.76. The number of rotatable bonds is 6. The van der Waals surface area contributed by atoms with Gasteiger partial charge in [0.05, 0.1) is 15.4 Å². The molecule has 2 rings (SSSR count). The van der Waals surface area contributed by atoms with E-state index in [1.807, 2.05) is 0 Å². The number of para-hydroxylation sites is 2. The van der Waals surface area contributed by atoms with Crippen LogP contribution in [0.4, 0.5) is 17.1 Å². The minimum atomic E-state index is -1.31. The van der Waals surface area contributed by atoms with Gasteiger partial charge in [-0.1, -0.05) is 23.7 Å². The van der Waals surface area contributed by atoms with Crippen LogP contribution in [0.2, 0.25) is 5.02 Å². The highest BCUT2D eigenvalue weighted by Crippen LogP contribution is 2.26. The van der Waals surface area contributed by atoms with Crippen molar-refractivity contribution < 1.29 is 24.2 Å². The molecule has 0 unspecified atom stereocenters. The standard InChI is InChI=1S/C16H12ClN3O7/c1-9(15(21)18-12-4-2-3-5-13(12)19(23)24)27-16(22)10-6-7-11(17)14(8-10)20(25)26/h2-9H,1H3,(H,18,21)/t9-/m0/s1. The van der Waals surface area contributed by atoms with Gasteiger partial charge in [-0.2, -0.15) is 0 Å². The van der Waals surface area contributed by atoms with Crippen LogP contribution in [-0.2, 0) is 9.53 Å². The van der Waals surface area contributed by atoms with Crippen LogP contribution in [0.5, 0.6) is 0 Å². The molecule has 0 saturated carbocycles. The largest absolute Gasteiger partial charge is 0.449 e. The molecule has 0 fully saturated rings. The number of halogens is 1. The second-order valence-corrected chi connectivity index (χ2v) is 5.64. The van der Waals surface area contributed by atoms with Crippen LogP contribution in [0.15, 0.2) is 42.5 Å². The monoisotopic (exact) mass is 393 g/mol. The first-order valence-corrected chi connectivity index (χ1v) is 7.77. The van der Waals surface area contributed by atoms with E-state index in [0.29, 0.717) is 0 Å². The third kappa shape index (κ3) is 4.76. The summed E-state index contributed by atoms with van der Waals surface area (Å²) in [6.07, 6.45) is -1.31. The molecule has 1 atom stereocenters. The number of hydrogen-bond donors (Lipinski definition) is 1. The molecule has 27 heavy (non-hydrogen) atoms. The van der Waals surface area contributed by atoms with E-state index >= 15 is 0 Å². The number of carbonyl (C=O) groups excluding carboxylic acids is 2. The van der Waals surface area contributed by atoms with Crippen LogP contribution < -0.4 is 5.32 Å². The quantitative estimate of drug-likeness (QED) is 0.450. The number of carbonyl (C=O) groups is 2. The van der Waals surface area contributed by atoms with E-state index in [1.165, 1.54) is 37.3 Å². The minimum absolute atomic E-state index is 0.0578. The summed E-state index contributed by atoms with van der Waals surface area (Å²) in [5.74, 6) is -1.79. The molecule has 0 aromatic heterocycles. The molecule has 0 aliphatic rings. The smallest absolute Gasteiger partial charge is 0.339 e. The van der Waals surface area contributed by atoms with Crippen LogP contribution >= 0.6 is 11.6 Å². The molecule has 10 nitrogen and oxygen atoms in total. The van der Waals surface area contributed by atoms with Gasteiger partial charge in [-0.3, -0.25) is 25.0 Å². The number of nitrogens with one attached hydrogen (secondary N) is 1. The van der Waals surface area contributed by atoms with Crippen LogP contribution in [0.3, 0.4) is 0 Å². The SMILES string of the molecule is C[C@H](OC(=O)c1ccc(Cl)c([N+](=O)[O-])c1)C(=O)Nc1ccccc1[N+](=O)[O-]. The third-order valence-corrected chi connectivity index (χ3v) is 3.71. The number of nitro groups is 2. The summed E-state index contributed by atoms with van der Waals surface area (Å²) in [6.45, 7) is 1.26. The molecule has 0 spiro atoms. The highest BCUT2D eigenvalue weighted by Gasteiger charge is 2.23. The molecular formula is C16H12ClN3O7. The molecule has 11 heteroatoms. The topological polar surface area (TPSA) is 142 Å². The highest BCUT2D eigenvalue weighted by molar-refractivity contribution is 6.32. The van der Waals surface area contributed by atoms with Gasteiger partial charge < -0.3 is 10.1 Å². The maximum absolute atomic E-state index is 12.1. The zero-order valence-corrected chi connectivity index (χ0v) is 14.5. The molecular weight excluding hydrogens is 382 g/mol. The van der Waals surface area contributed by atoms with Gasteiger partial charge in [0.15, 0.2) is 6.10 Å². The summed E-state index contributed by atoms with van der Waals surface area (Å²) < 4.78 is 4.96. The fourth-order valence-corrected chi connectivity index (χ4v) is 2.22. The Kier molecular flexibility index (Phi) is 6.03. The molecule has 0 heterocycles. The molecule has 1 amide bonds. The lowest BCUT2D eigenvalue weighted by molar-refractivity contribution is -0.384. The van der Waals surface area contributed by atoms with Gasteiger partial charge >= 0.3 is 5.97 Å². The Hall–Kier alpha value is -3.53. The zero-order valence-electron chi connectivity index (χ0n) is 13.7. The lowest BCUT2D eigenvalue weighted by Crippen LogP contribution is -2.30. The maximum atomic E-state index is 12.1. The van der Waals surface area contributed by atoms with Crippen LogP contribution in [0.25, 0.3) is 0 Å². The Morgan fingerprint density at radius 1 is 1.07 bits per heavy atom. The maximum Gasteiger partial charge on any atom is 0.339 e. The average Bonchev–Trinajstić information content (AvgIpc) is 2.61. The van der Waals surface area contributed by atoms with Gasteiger partial charge in [-0.25, -0.2) is 4.79 Å². The zero-order chi connectivity index (χ0) is 20.1. The summed E-state index contributed by atoms with van der Waals surface area (Å²) >= 11 is 5.67. The van der Waals surface area contributed by atoms with Crippen molar-refractivity contribution in [1.82, 2.24) is 0 Å². The van der Waals surface area contributed by atoms with Crippen molar-refractivity contribution in [3.63, 3.8) is 0 Å². The van der Waals surface area contributed by atoms with E-state index in [1.54, 1.807) is 0 Å². The third-order valence-electron chi connectivity index (χ3n) is 3.39.